The van der Waals surface area contributed by atoms with Crippen LogP contribution in [0.4, 0.5) is 10.6 Å². The molecule has 11 nitrogen and oxygen atoms in total. The number of nitrogens with zero attached hydrogens (tertiary/aromatic N) is 5. The quantitative estimate of drug-likeness (QED) is 0.301. The summed E-state index contributed by atoms with van der Waals surface area (Å²) in [4.78, 5) is 23.6. The lowest BCUT2D eigenvalue weighted by Gasteiger charge is -2.15. The van der Waals surface area contributed by atoms with Gasteiger partial charge in [0.25, 0.3) is 0 Å². The summed E-state index contributed by atoms with van der Waals surface area (Å²) in [6, 6.07) is 12.8. The second kappa shape index (κ2) is 11.8. The van der Waals surface area contributed by atoms with Crippen molar-refractivity contribution in [3.05, 3.63) is 65.2 Å². The molecule has 0 atom stereocenters. The van der Waals surface area contributed by atoms with Gasteiger partial charge < -0.3 is 23.5 Å². The Kier molecular flexibility index (Phi) is 8.27. The highest BCUT2D eigenvalue weighted by molar-refractivity contribution is 5.83. The second-order valence-corrected chi connectivity index (χ2v) is 9.01. The smallest absolute Gasteiger partial charge is 0.412 e. The Morgan fingerprint density at radius 2 is 1.87 bits per heavy atom. The number of ether oxygens (including phenoxy) is 3. The molecule has 0 radical (unpaired) electrons. The molecule has 1 aromatic carbocycles. The van der Waals surface area contributed by atoms with Crippen LogP contribution in [0.25, 0.3) is 17.4 Å². The number of amides is 1. The molecule has 4 aromatic rings. The maximum atomic E-state index is 12.5. The molecule has 0 spiro atoms. The molecule has 3 aromatic heterocycles. The molecule has 0 unspecified atom stereocenters. The first-order chi connectivity index (χ1) is 18.2. The predicted molar refractivity (Wildman–Crippen MR) is 142 cm³/mol. The molecular weight excluding hydrogens is 488 g/mol. The number of anilines is 1. The van der Waals surface area contributed by atoms with Gasteiger partial charge in [-0.2, -0.15) is 5.10 Å². The van der Waals surface area contributed by atoms with Gasteiger partial charge in [0.15, 0.2) is 17.4 Å². The molecule has 0 saturated heterocycles. The third kappa shape index (κ3) is 6.68. The highest BCUT2D eigenvalue weighted by atomic mass is 16.6. The van der Waals surface area contributed by atoms with Crippen molar-refractivity contribution in [2.75, 3.05) is 39.7 Å². The molecule has 3 heterocycles. The van der Waals surface area contributed by atoms with E-state index >= 15 is 0 Å². The van der Waals surface area contributed by atoms with E-state index < -0.39 is 6.09 Å². The molecule has 0 bridgehead atoms. The van der Waals surface area contributed by atoms with Crippen molar-refractivity contribution in [2.45, 2.75) is 27.3 Å². The van der Waals surface area contributed by atoms with Crippen LogP contribution >= 0.6 is 0 Å². The van der Waals surface area contributed by atoms with E-state index in [0.717, 1.165) is 35.0 Å². The minimum Gasteiger partial charge on any atom is -0.496 e. The Morgan fingerprint density at radius 3 is 2.53 bits per heavy atom. The van der Waals surface area contributed by atoms with Crippen LogP contribution in [-0.2, 0) is 11.3 Å². The summed E-state index contributed by atoms with van der Waals surface area (Å²) >= 11 is 0. The minimum atomic E-state index is -0.674. The molecule has 4 rings (SSSR count). The minimum absolute atomic E-state index is 0.0350. The zero-order valence-electron chi connectivity index (χ0n) is 22.4. The van der Waals surface area contributed by atoms with Gasteiger partial charge in [0.05, 0.1) is 12.8 Å². The van der Waals surface area contributed by atoms with Crippen molar-refractivity contribution < 1.29 is 23.4 Å². The number of carbonyl (C=O) groups is 1. The Labute approximate surface area is 221 Å². The van der Waals surface area contributed by atoms with Gasteiger partial charge in [0.1, 0.15) is 36.3 Å². The number of hydrogen-bond acceptors (Lipinski definition) is 9. The number of hydrogen-bond donors (Lipinski definition) is 1. The molecule has 38 heavy (non-hydrogen) atoms. The zero-order chi connectivity index (χ0) is 27.2. The van der Waals surface area contributed by atoms with Gasteiger partial charge >= 0.3 is 6.09 Å². The third-order valence-electron chi connectivity index (χ3n) is 5.46. The highest BCUT2D eigenvalue weighted by Gasteiger charge is 2.15. The SMILES string of the molecule is COc1cc(OCCOC(=O)Nc2cc(-n3nc(C)cc3C)nc(-c3ccc(C)o3)n2)ccc1CN(C)C. The van der Waals surface area contributed by atoms with Gasteiger partial charge in [-0.05, 0) is 59.1 Å². The predicted octanol–water partition coefficient (Wildman–Crippen LogP) is 4.55. The van der Waals surface area contributed by atoms with Crippen LogP contribution in [0, 0.1) is 20.8 Å². The van der Waals surface area contributed by atoms with E-state index in [-0.39, 0.29) is 19.0 Å². The van der Waals surface area contributed by atoms with E-state index in [0.29, 0.717) is 23.2 Å². The molecule has 1 N–H and O–H groups in total. The summed E-state index contributed by atoms with van der Waals surface area (Å²) in [6.07, 6.45) is -0.674. The number of furan rings is 1. The Bertz CT molecular complexity index is 1410. The molecule has 0 saturated carbocycles. The van der Waals surface area contributed by atoms with E-state index in [1.54, 1.807) is 23.9 Å². The summed E-state index contributed by atoms with van der Waals surface area (Å²) < 4.78 is 23.9. The van der Waals surface area contributed by atoms with Crippen molar-refractivity contribution >= 4 is 11.9 Å². The molecule has 11 heteroatoms. The second-order valence-electron chi connectivity index (χ2n) is 9.01. The number of aryl methyl sites for hydroxylation is 3. The molecule has 0 aliphatic rings. The fourth-order valence-electron chi connectivity index (χ4n) is 3.85. The van der Waals surface area contributed by atoms with Gasteiger partial charge in [0, 0.05) is 29.9 Å². The number of nitrogens with one attached hydrogen (secondary N) is 1. The zero-order valence-corrected chi connectivity index (χ0v) is 22.4. The van der Waals surface area contributed by atoms with E-state index in [1.807, 2.05) is 65.2 Å². The van der Waals surface area contributed by atoms with Gasteiger partial charge in [-0.15, -0.1) is 0 Å². The average Bonchev–Trinajstić information content (AvgIpc) is 3.46. The fourth-order valence-corrected chi connectivity index (χ4v) is 3.85. The van der Waals surface area contributed by atoms with Gasteiger partial charge in [-0.1, -0.05) is 6.07 Å². The van der Waals surface area contributed by atoms with E-state index in [9.17, 15) is 4.79 Å². The average molecular weight is 521 g/mol. The van der Waals surface area contributed by atoms with Crippen LogP contribution < -0.4 is 14.8 Å². The third-order valence-corrected chi connectivity index (χ3v) is 5.46. The first kappa shape index (κ1) is 26.7. The maximum Gasteiger partial charge on any atom is 0.412 e. The van der Waals surface area contributed by atoms with Crippen LogP contribution in [0.5, 0.6) is 11.5 Å². The van der Waals surface area contributed by atoms with Gasteiger partial charge in [0.2, 0.25) is 0 Å². The molecule has 0 aliphatic carbocycles. The van der Waals surface area contributed by atoms with Crippen molar-refractivity contribution in [1.82, 2.24) is 24.6 Å². The summed E-state index contributed by atoms with van der Waals surface area (Å²) in [6.45, 7) is 6.61. The summed E-state index contributed by atoms with van der Waals surface area (Å²) in [7, 11) is 5.61. The lowest BCUT2D eigenvalue weighted by molar-refractivity contribution is 0.137. The maximum absolute atomic E-state index is 12.5. The standard InChI is InChI=1S/C27H32N6O5/c1-17-13-18(2)33(31-17)25-15-24(28-26(30-25)22-10-7-19(3)38-22)29-27(34)37-12-11-36-21-9-8-20(16-32(4)5)23(14-21)35-6/h7-10,13-15H,11-12,16H2,1-6H3,(H,28,29,30,34). The summed E-state index contributed by atoms with van der Waals surface area (Å²) in [5.41, 5.74) is 2.78. The normalized spacial score (nSPS) is 11.0. The largest absolute Gasteiger partial charge is 0.496 e. The summed E-state index contributed by atoms with van der Waals surface area (Å²) in [5, 5.41) is 7.15. The van der Waals surface area contributed by atoms with Crippen molar-refractivity contribution in [3.8, 4) is 28.9 Å². The first-order valence-corrected chi connectivity index (χ1v) is 12.1. The Morgan fingerprint density at radius 1 is 1.05 bits per heavy atom. The lowest BCUT2D eigenvalue weighted by Crippen LogP contribution is -2.19. The molecular formula is C27H32N6O5. The van der Waals surface area contributed by atoms with Crippen LogP contribution in [0.1, 0.15) is 22.7 Å². The number of aromatic nitrogens is 4. The van der Waals surface area contributed by atoms with E-state index in [2.05, 4.69) is 25.3 Å². The molecule has 1 amide bonds. The number of methoxy groups -OCH3 is 1. The van der Waals surface area contributed by atoms with Crippen LogP contribution in [-0.4, -0.2) is 65.2 Å². The monoisotopic (exact) mass is 520 g/mol. The van der Waals surface area contributed by atoms with E-state index in [4.69, 9.17) is 18.6 Å². The Balaban J connectivity index is 1.40. The van der Waals surface area contributed by atoms with Crippen LogP contribution in [0.15, 0.2) is 46.9 Å². The van der Waals surface area contributed by atoms with Crippen molar-refractivity contribution in [1.29, 1.82) is 0 Å². The van der Waals surface area contributed by atoms with Gasteiger partial charge in [-0.3, -0.25) is 5.32 Å². The number of benzene rings is 1. The first-order valence-electron chi connectivity index (χ1n) is 12.1. The van der Waals surface area contributed by atoms with Crippen molar-refractivity contribution in [3.63, 3.8) is 0 Å². The van der Waals surface area contributed by atoms with E-state index in [1.165, 1.54) is 0 Å². The van der Waals surface area contributed by atoms with Crippen molar-refractivity contribution in [2.24, 2.45) is 0 Å². The summed E-state index contributed by atoms with van der Waals surface area (Å²) in [5.74, 6) is 3.60. The number of rotatable bonds is 10. The lowest BCUT2D eigenvalue weighted by atomic mass is 10.2. The Hall–Kier alpha value is -4.38. The van der Waals surface area contributed by atoms with Crippen LogP contribution in [0.3, 0.4) is 0 Å². The highest BCUT2D eigenvalue weighted by Crippen LogP contribution is 2.26. The van der Waals surface area contributed by atoms with Crippen LogP contribution in [0.2, 0.25) is 0 Å². The van der Waals surface area contributed by atoms with Gasteiger partial charge in [-0.25, -0.2) is 19.4 Å². The fraction of sp³-hybridized carbons (Fsp3) is 0.333. The molecule has 0 fully saturated rings. The molecule has 0 aliphatic heterocycles. The number of carbonyl (C=O) groups excluding carboxylic acids is 1. The topological polar surface area (TPSA) is 117 Å². The molecule has 200 valence electrons.